The number of fused-ring (bicyclic) bond motifs is 1. The van der Waals surface area contributed by atoms with Gasteiger partial charge in [-0.1, -0.05) is 12.1 Å². The number of aryl methyl sites for hydroxylation is 1. The van der Waals surface area contributed by atoms with Crippen LogP contribution in [0.25, 0.3) is 10.9 Å². The van der Waals surface area contributed by atoms with Gasteiger partial charge in [-0.25, -0.2) is 0 Å². The second-order valence-electron chi connectivity index (χ2n) is 3.49. The van der Waals surface area contributed by atoms with E-state index >= 15 is 0 Å². The van der Waals surface area contributed by atoms with Crippen molar-refractivity contribution in [3.63, 3.8) is 0 Å². The molecule has 1 aromatic carbocycles. The van der Waals surface area contributed by atoms with Crippen LogP contribution in [0.4, 0.5) is 13.2 Å². The van der Waals surface area contributed by atoms with Gasteiger partial charge in [0.25, 0.3) is 0 Å². The Morgan fingerprint density at radius 2 is 2.00 bits per heavy atom. The number of nitrogens with zero attached hydrogens (tertiary/aromatic N) is 1. The number of carbonyl (C=O) groups excluding carboxylic acids is 1. The van der Waals surface area contributed by atoms with E-state index in [1.807, 2.05) is 0 Å². The molecule has 5 heteroatoms. The van der Waals surface area contributed by atoms with Gasteiger partial charge < -0.3 is 4.57 Å². The summed E-state index contributed by atoms with van der Waals surface area (Å²) in [5.41, 5.74) is -0.183. The average molecular weight is 227 g/mol. The van der Waals surface area contributed by atoms with Crippen molar-refractivity contribution in [3.05, 3.63) is 35.5 Å². The number of aromatic nitrogens is 1. The third-order valence-corrected chi connectivity index (χ3v) is 2.50. The molecule has 16 heavy (non-hydrogen) atoms. The van der Waals surface area contributed by atoms with Crippen molar-refractivity contribution in [2.75, 3.05) is 0 Å². The number of aldehydes is 1. The lowest BCUT2D eigenvalue weighted by Gasteiger charge is -2.08. The summed E-state index contributed by atoms with van der Waals surface area (Å²) in [4.78, 5) is 10.7. The monoisotopic (exact) mass is 227 g/mol. The number of hydrogen-bond acceptors (Lipinski definition) is 1. The number of carbonyl (C=O) groups is 1. The van der Waals surface area contributed by atoms with E-state index in [2.05, 4.69) is 0 Å². The maximum atomic E-state index is 12.6. The topological polar surface area (TPSA) is 22.0 Å². The lowest BCUT2D eigenvalue weighted by molar-refractivity contribution is -0.142. The van der Waals surface area contributed by atoms with Crippen LogP contribution < -0.4 is 0 Å². The highest BCUT2D eigenvalue weighted by atomic mass is 19.4. The summed E-state index contributed by atoms with van der Waals surface area (Å²) in [5.74, 6) is 0. The molecule has 0 aliphatic heterocycles. The van der Waals surface area contributed by atoms with Crippen LogP contribution in [-0.4, -0.2) is 10.9 Å². The van der Waals surface area contributed by atoms with Gasteiger partial charge in [0.1, 0.15) is 5.69 Å². The van der Waals surface area contributed by atoms with Crippen LogP contribution in [0.2, 0.25) is 0 Å². The van der Waals surface area contributed by atoms with Gasteiger partial charge >= 0.3 is 6.18 Å². The number of hydrogen-bond donors (Lipinski definition) is 0. The van der Waals surface area contributed by atoms with Crippen LogP contribution in [0.1, 0.15) is 16.1 Å². The maximum Gasteiger partial charge on any atom is 0.431 e. The van der Waals surface area contributed by atoms with Crippen LogP contribution in [-0.2, 0) is 13.2 Å². The standard InChI is InChI=1S/C11H8F3NO/c1-15-9(11(12,13)14)5-7-3-2-4-8(6-16)10(7)15/h2-6H,1H3. The van der Waals surface area contributed by atoms with E-state index in [1.54, 1.807) is 12.1 Å². The van der Waals surface area contributed by atoms with Crippen molar-refractivity contribution in [1.29, 1.82) is 0 Å². The number of benzene rings is 1. The molecule has 0 saturated heterocycles. The first-order valence-corrected chi connectivity index (χ1v) is 4.56. The fourth-order valence-electron chi connectivity index (χ4n) is 1.82. The highest BCUT2D eigenvalue weighted by Crippen LogP contribution is 2.33. The SMILES string of the molecule is Cn1c(C(F)(F)F)cc2cccc(C=O)c21. The number of halogens is 3. The highest BCUT2D eigenvalue weighted by molar-refractivity contribution is 5.96. The zero-order valence-electron chi connectivity index (χ0n) is 8.38. The largest absolute Gasteiger partial charge is 0.431 e. The first-order valence-electron chi connectivity index (χ1n) is 4.56. The van der Waals surface area contributed by atoms with E-state index < -0.39 is 11.9 Å². The molecule has 2 nitrogen and oxygen atoms in total. The average Bonchev–Trinajstić information content (AvgIpc) is 2.56. The Morgan fingerprint density at radius 3 is 2.56 bits per heavy atom. The highest BCUT2D eigenvalue weighted by Gasteiger charge is 2.34. The van der Waals surface area contributed by atoms with E-state index in [0.29, 0.717) is 17.2 Å². The maximum absolute atomic E-state index is 12.6. The summed E-state index contributed by atoms with van der Waals surface area (Å²) < 4.78 is 38.8. The van der Waals surface area contributed by atoms with Crippen molar-refractivity contribution in [3.8, 4) is 0 Å². The van der Waals surface area contributed by atoms with E-state index in [1.165, 1.54) is 13.1 Å². The van der Waals surface area contributed by atoms with Gasteiger partial charge in [-0.05, 0) is 12.1 Å². The molecule has 0 aliphatic carbocycles. The van der Waals surface area contributed by atoms with Gasteiger partial charge in [0, 0.05) is 18.0 Å². The summed E-state index contributed by atoms with van der Waals surface area (Å²) >= 11 is 0. The molecule has 0 radical (unpaired) electrons. The zero-order valence-corrected chi connectivity index (χ0v) is 8.38. The summed E-state index contributed by atoms with van der Waals surface area (Å²) in [5, 5.41) is 0.416. The van der Waals surface area contributed by atoms with Gasteiger partial charge in [-0.3, -0.25) is 4.79 Å². The second kappa shape index (κ2) is 3.37. The van der Waals surface area contributed by atoms with Crippen molar-refractivity contribution < 1.29 is 18.0 Å². The molecule has 0 spiro atoms. The molecule has 2 aromatic rings. The minimum absolute atomic E-state index is 0.260. The Morgan fingerprint density at radius 1 is 1.31 bits per heavy atom. The Bertz CT molecular complexity index is 554. The Hall–Kier alpha value is -1.78. The smallest absolute Gasteiger partial charge is 0.340 e. The molecule has 84 valence electrons. The van der Waals surface area contributed by atoms with Crippen LogP contribution in [0, 0.1) is 0 Å². The Kier molecular flexibility index (Phi) is 2.26. The fraction of sp³-hybridized carbons (Fsp3) is 0.182. The summed E-state index contributed by atoms with van der Waals surface area (Å²) in [6.45, 7) is 0. The fourth-order valence-corrected chi connectivity index (χ4v) is 1.82. The molecule has 0 saturated carbocycles. The van der Waals surface area contributed by atoms with Gasteiger partial charge in [0.05, 0.1) is 5.52 Å². The van der Waals surface area contributed by atoms with Crippen molar-refractivity contribution >= 4 is 17.2 Å². The number of para-hydroxylation sites is 1. The predicted molar refractivity (Wildman–Crippen MR) is 53.3 cm³/mol. The van der Waals surface area contributed by atoms with Gasteiger partial charge in [0.2, 0.25) is 0 Å². The summed E-state index contributed by atoms with van der Waals surface area (Å²) in [7, 11) is 1.30. The van der Waals surface area contributed by atoms with Crippen molar-refractivity contribution in [1.82, 2.24) is 4.57 Å². The van der Waals surface area contributed by atoms with Crippen molar-refractivity contribution in [2.45, 2.75) is 6.18 Å². The lowest BCUT2D eigenvalue weighted by Crippen LogP contribution is -2.10. The predicted octanol–water partition coefficient (Wildman–Crippen LogP) is 3.01. The minimum atomic E-state index is -4.41. The quantitative estimate of drug-likeness (QED) is 0.686. The van der Waals surface area contributed by atoms with Crippen molar-refractivity contribution in [2.24, 2.45) is 7.05 Å². The molecule has 0 amide bonds. The first kappa shape index (κ1) is 10.7. The lowest BCUT2D eigenvalue weighted by atomic mass is 10.1. The molecule has 0 bridgehead atoms. The molecule has 0 N–H and O–H groups in total. The summed E-state index contributed by atoms with van der Waals surface area (Å²) in [6, 6.07) is 5.65. The minimum Gasteiger partial charge on any atom is -0.340 e. The van der Waals surface area contributed by atoms with Crippen LogP contribution in [0.15, 0.2) is 24.3 Å². The van der Waals surface area contributed by atoms with Crippen LogP contribution in [0.5, 0.6) is 0 Å². The molecule has 0 unspecified atom stereocenters. The van der Waals surface area contributed by atoms with E-state index in [0.717, 1.165) is 10.6 Å². The molecular formula is C11H8F3NO. The molecule has 0 atom stereocenters. The molecule has 1 heterocycles. The Balaban J connectivity index is 2.84. The molecule has 2 rings (SSSR count). The van der Waals surface area contributed by atoms with Gasteiger partial charge in [-0.2, -0.15) is 13.2 Å². The molecule has 1 aromatic heterocycles. The van der Waals surface area contributed by atoms with Gasteiger partial charge in [-0.15, -0.1) is 0 Å². The second-order valence-corrected chi connectivity index (χ2v) is 3.49. The zero-order chi connectivity index (χ0) is 11.9. The third kappa shape index (κ3) is 1.48. The molecule has 0 fully saturated rings. The third-order valence-electron chi connectivity index (χ3n) is 2.50. The normalized spacial score (nSPS) is 12.0. The van der Waals surface area contributed by atoms with E-state index in [4.69, 9.17) is 0 Å². The van der Waals surface area contributed by atoms with E-state index in [-0.39, 0.29) is 5.56 Å². The number of alkyl halides is 3. The van der Waals surface area contributed by atoms with Gasteiger partial charge in [0.15, 0.2) is 6.29 Å². The Labute approximate surface area is 89.3 Å². The molecule has 0 aliphatic rings. The molecular weight excluding hydrogens is 219 g/mol. The van der Waals surface area contributed by atoms with Crippen LogP contribution >= 0.6 is 0 Å². The number of rotatable bonds is 1. The summed E-state index contributed by atoms with van der Waals surface area (Å²) in [6.07, 6.45) is -3.85. The first-order chi connectivity index (χ1) is 7.45. The van der Waals surface area contributed by atoms with Crippen LogP contribution in [0.3, 0.4) is 0 Å². The van der Waals surface area contributed by atoms with E-state index in [9.17, 15) is 18.0 Å².